The van der Waals surface area contributed by atoms with Gasteiger partial charge in [-0.1, -0.05) is 35.9 Å². The minimum Gasteiger partial charge on any atom is -0.483 e. The van der Waals surface area contributed by atoms with Gasteiger partial charge in [0.25, 0.3) is 5.91 Å². The van der Waals surface area contributed by atoms with Crippen LogP contribution in [0.15, 0.2) is 48.8 Å². The van der Waals surface area contributed by atoms with E-state index in [0.29, 0.717) is 5.82 Å². The summed E-state index contributed by atoms with van der Waals surface area (Å²) >= 11 is 0. The van der Waals surface area contributed by atoms with Crippen LogP contribution in [0.5, 0.6) is 5.75 Å². The summed E-state index contributed by atoms with van der Waals surface area (Å²) in [5, 5.41) is 10.8. The molecular weight excluding hydrogens is 328 g/mol. The van der Waals surface area contributed by atoms with Crippen LogP contribution in [0.1, 0.15) is 22.5 Å². The van der Waals surface area contributed by atoms with Crippen LogP contribution in [0.4, 0.5) is 0 Å². The molecular formula is C20H22N4O2. The molecule has 0 aliphatic carbocycles. The normalized spacial score (nSPS) is 10.6. The molecule has 0 fully saturated rings. The van der Waals surface area contributed by atoms with Crippen molar-refractivity contribution in [1.29, 1.82) is 0 Å². The predicted molar refractivity (Wildman–Crippen MR) is 99.4 cm³/mol. The molecule has 0 unspecified atom stereocenters. The van der Waals surface area contributed by atoms with Crippen molar-refractivity contribution >= 4 is 5.91 Å². The Hall–Kier alpha value is -3.15. The van der Waals surface area contributed by atoms with Crippen LogP contribution in [-0.4, -0.2) is 27.3 Å². The first-order valence-electron chi connectivity index (χ1n) is 8.46. The van der Waals surface area contributed by atoms with Gasteiger partial charge in [-0.25, -0.2) is 0 Å². The molecule has 1 aromatic heterocycles. The van der Waals surface area contributed by atoms with Gasteiger partial charge in [0.1, 0.15) is 12.1 Å². The molecule has 3 rings (SSSR count). The van der Waals surface area contributed by atoms with Gasteiger partial charge >= 0.3 is 0 Å². The fraction of sp³-hybridized carbons (Fsp3) is 0.250. The van der Waals surface area contributed by atoms with E-state index >= 15 is 0 Å². The maximum absolute atomic E-state index is 12.2. The maximum atomic E-state index is 12.2. The SMILES string of the molecule is Cc1cc(C)c(OCC(=O)NCc2nncn2-c2ccccc2)c(C)c1. The summed E-state index contributed by atoms with van der Waals surface area (Å²) in [6, 6.07) is 13.8. The lowest BCUT2D eigenvalue weighted by atomic mass is 10.1. The second kappa shape index (κ2) is 7.82. The molecule has 0 bridgehead atoms. The van der Waals surface area contributed by atoms with Crippen molar-refractivity contribution in [3.8, 4) is 11.4 Å². The van der Waals surface area contributed by atoms with E-state index in [9.17, 15) is 4.79 Å². The van der Waals surface area contributed by atoms with Crippen LogP contribution in [0.25, 0.3) is 5.69 Å². The first-order valence-corrected chi connectivity index (χ1v) is 8.46. The largest absolute Gasteiger partial charge is 0.483 e. The molecule has 6 nitrogen and oxygen atoms in total. The zero-order valence-electron chi connectivity index (χ0n) is 15.2. The third-order valence-corrected chi connectivity index (χ3v) is 4.05. The molecule has 1 N–H and O–H groups in total. The number of ether oxygens (including phenoxy) is 1. The van der Waals surface area contributed by atoms with Crippen LogP contribution < -0.4 is 10.1 Å². The van der Waals surface area contributed by atoms with Crippen molar-refractivity contribution in [3.05, 3.63) is 71.3 Å². The molecule has 6 heteroatoms. The monoisotopic (exact) mass is 350 g/mol. The Bertz CT molecular complexity index is 880. The lowest BCUT2D eigenvalue weighted by molar-refractivity contribution is -0.123. The number of carbonyl (C=O) groups is 1. The molecule has 134 valence electrons. The smallest absolute Gasteiger partial charge is 0.258 e. The highest BCUT2D eigenvalue weighted by molar-refractivity contribution is 5.77. The van der Waals surface area contributed by atoms with Gasteiger partial charge in [0.15, 0.2) is 12.4 Å². The molecule has 2 aromatic carbocycles. The second-order valence-corrected chi connectivity index (χ2v) is 6.25. The zero-order chi connectivity index (χ0) is 18.5. The molecule has 0 spiro atoms. The van der Waals surface area contributed by atoms with Gasteiger partial charge in [0.2, 0.25) is 0 Å². The highest BCUT2D eigenvalue weighted by atomic mass is 16.5. The predicted octanol–water partition coefficient (Wildman–Crippen LogP) is 2.89. The lowest BCUT2D eigenvalue weighted by Gasteiger charge is -2.13. The van der Waals surface area contributed by atoms with Crippen molar-refractivity contribution in [3.63, 3.8) is 0 Å². The van der Waals surface area contributed by atoms with E-state index in [4.69, 9.17) is 4.74 Å². The number of hydrogen-bond donors (Lipinski definition) is 1. The summed E-state index contributed by atoms with van der Waals surface area (Å²) in [6.07, 6.45) is 1.63. The summed E-state index contributed by atoms with van der Waals surface area (Å²) in [6.45, 7) is 6.25. The molecule has 0 aliphatic rings. The van der Waals surface area contributed by atoms with Crippen LogP contribution in [0.3, 0.4) is 0 Å². The van der Waals surface area contributed by atoms with E-state index in [1.807, 2.05) is 67.8 Å². The molecule has 1 amide bonds. The number of para-hydroxylation sites is 1. The fourth-order valence-corrected chi connectivity index (χ4v) is 2.94. The number of aromatic nitrogens is 3. The highest BCUT2D eigenvalue weighted by Crippen LogP contribution is 2.24. The average molecular weight is 350 g/mol. The maximum Gasteiger partial charge on any atom is 0.258 e. The molecule has 0 aliphatic heterocycles. The number of nitrogens with zero attached hydrogens (tertiary/aromatic N) is 3. The van der Waals surface area contributed by atoms with Gasteiger partial charge in [0.05, 0.1) is 6.54 Å². The Balaban J connectivity index is 1.58. The minimum atomic E-state index is -0.202. The number of nitrogens with one attached hydrogen (secondary N) is 1. The van der Waals surface area contributed by atoms with Crippen molar-refractivity contribution < 1.29 is 9.53 Å². The number of benzene rings is 2. The summed E-state index contributed by atoms with van der Waals surface area (Å²) in [4.78, 5) is 12.2. The first-order chi connectivity index (χ1) is 12.5. The van der Waals surface area contributed by atoms with E-state index < -0.39 is 0 Å². The summed E-state index contributed by atoms with van der Waals surface area (Å²) in [7, 11) is 0. The quantitative estimate of drug-likeness (QED) is 0.742. The number of rotatable bonds is 6. The molecule has 26 heavy (non-hydrogen) atoms. The van der Waals surface area contributed by atoms with Gasteiger partial charge in [-0.2, -0.15) is 0 Å². The Kier molecular flexibility index (Phi) is 5.31. The second-order valence-electron chi connectivity index (χ2n) is 6.25. The molecule has 3 aromatic rings. The van der Waals surface area contributed by atoms with E-state index in [2.05, 4.69) is 15.5 Å². The van der Waals surface area contributed by atoms with E-state index in [0.717, 1.165) is 22.6 Å². The van der Waals surface area contributed by atoms with Crippen molar-refractivity contribution in [1.82, 2.24) is 20.1 Å². The van der Waals surface area contributed by atoms with Gasteiger partial charge in [-0.3, -0.25) is 9.36 Å². The zero-order valence-corrected chi connectivity index (χ0v) is 15.2. The molecule has 0 radical (unpaired) electrons. The Morgan fingerprint density at radius 1 is 1.12 bits per heavy atom. The first kappa shape index (κ1) is 17.7. The topological polar surface area (TPSA) is 69.0 Å². The van der Waals surface area contributed by atoms with E-state index in [1.54, 1.807) is 6.33 Å². The van der Waals surface area contributed by atoms with Gasteiger partial charge in [-0.15, -0.1) is 10.2 Å². The van der Waals surface area contributed by atoms with Crippen molar-refractivity contribution in [2.24, 2.45) is 0 Å². The summed E-state index contributed by atoms with van der Waals surface area (Å²) < 4.78 is 7.56. The van der Waals surface area contributed by atoms with Gasteiger partial charge in [0, 0.05) is 5.69 Å². The summed E-state index contributed by atoms with van der Waals surface area (Å²) in [5.74, 6) is 1.22. The third-order valence-electron chi connectivity index (χ3n) is 4.05. The minimum absolute atomic E-state index is 0.0375. The highest BCUT2D eigenvalue weighted by Gasteiger charge is 2.11. The van der Waals surface area contributed by atoms with E-state index in [-0.39, 0.29) is 19.1 Å². The number of carbonyl (C=O) groups excluding carboxylic acids is 1. The summed E-state index contributed by atoms with van der Waals surface area (Å²) in [5.41, 5.74) is 4.18. The van der Waals surface area contributed by atoms with Crippen LogP contribution in [-0.2, 0) is 11.3 Å². The van der Waals surface area contributed by atoms with E-state index in [1.165, 1.54) is 5.56 Å². The van der Waals surface area contributed by atoms with Crippen LogP contribution >= 0.6 is 0 Å². The average Bonchev–Trinajstić information content (AvgIpc) is 3.08. The Morgan fingerprint density at radius 2 is 1.81 bits per heavy atom. The van der Waals surface area contributed by atoms with Crippen molar-refractivity contribution in [2.45, 2.75) is 27.3 Å². The fourth-order valence-electron chi connectivity index (χ4n) is 2.94. The molecule has 0 saturated carbocycles. The number of aryl methyl sites for hydroxylation is 3. The molecule has 1 heterocycles. The van der Waals surface area contributed by atoms with Gasteiger partial charge in [-0.05, 0) is 44.0 Å². The number of amides is 1. The Labute approximate surface area is 152 Å². The van der Waals surface area contributed by atoms with Crippen LogP contribution in [0.2, 0.25) is 0 Å². The number of hydrogen-bond acceptors (Lipinski definition) is 4. The standard InChI is InChI=1S/C20H22N4O2/c1-14-9-15(2)20(16(3)10-14)26-12-19(25)21-11-18-23-22-13-24(18)17-7-5-4-6-8-17/h4-10,13H,11-12H2,1-3H3,(H,21,25). The van der Waals surface area contributed by atoms with Crippen LogP contribution in [0, 0.1) is 20.8 Å². The molecule has 0 atom stereocenters. The Morgan fingerprint density at radius 3 is 2.50 bits per heavy atom. The van der Waals surface area contributed by atoms with Crippen molar-refractivity contribution in [2.75, 3.05) is 6.61 Å². The lowest BCUT2D eigenvalue weighted by Crippen LogP contribution is -2.29. The molecule has 0 saturated heterocycles. The van der Waals surface area contributed by atoms with Gasteiger partial charge < -0.3 is 10.1 Å². The third kappa shape index (κ3) is 4.08.